The average molecular weight is 341 g/mol. The zero-order chi connectivity index (χ0) is 17.9. The van der Waals surface area contributed by atoms with Gasteiger partial charge in [-0.2, -0.15) is 10.1 Å². The number of hydrogen-bond donors (Lipinski definition) is 2. The fraction of sp³-hybridized carbons (Fsp3) is 0.333. The van der Waals surface area contributed by atoms with Crippen LogP contribution in [0.2, 0.25) is 0 Å². The number of benzene rings is 2. The summed E-state index contributed by atoms with van der Waals surface area (Å²) in [5.41, 5.74) is 10.8. The summed E-state index contributed by atoms with van der Waals surface area (Å²) in [6, 6.07) is 14.2. The number of hydroxylamine groups is 2. The van der Waals surface area contributed by atoms with Crippen LogP contribution in [0.1, 0.15) is 20.3 Å². The number of guanidine groups is 2. The van der Waals surface area contributed by atoms with Crippen molar-refractivity contribution in [2.45, 2.75) is 25.9 Å². The quantitative estimate of drug-likeness (QED) is 0.785. The maximum absolute atomic E-state index is 5.86. The monoisotopic (exact) mass is 341 g/mol. The van der Waals surface area contributed by atoms with Gasteiger partial charge in [0.15, 0.2) is 5.66 Å². The van der Waals surface area contributed by atoms with Crippen LogP contribution in [0.3, 0.4) is 0 Å². The molecule has 1 heterocycles. The lowest BCUT2D eigenvalue weighted by atomic mass is 10.1. The molecule has 132 valence electrons. The van der Waals surface area contributed by atoms with Crippen molar-refractivity contribution in [1.82, 2.24) is 5.06 Å². The summed E-state index contributed by atoms with van der Waals surface area (Å²) in [7, 11) is 0. The minimum Gasteiger partial charge on any atom is -0.493 e. The average Bonchev–Trinajstić information content (AvgIpc) is 2.55. The first-order valence-corrected chi connectivity index (χ1v) is 8.20. The van der Waals surface area contributed by atoms with E-state index in [-0.39, 0.29) is 11.9 Å². The lowest BCUT2D eigenvalue weighted by molar-refractivity contribution is -0.158. The zero-order valence-corrected chi connectivity index (χ0v) is 14.5. The molecular formula is C18H23N5O2. The predicted molar refractivity (Wildman–Crippen MR) is 99.2 cm³/mol. The van der Waals surface area contributed by atoms with Crippen molar-refractivity contribution < 1.29 is 9.57 Å². The first kappa shape index (κ1) is 17.0. The van der Waals surface area contributed by atoms with E-state index in [1.165, 1.54) is 10.4 Å². The third-order valence-electron chi connectivity index (χ3n) is 3.82. The van der Waals surface area contributed by atoms with Crippen molar-refractivity contribution in [3.63, 3.8) is 0 Å². The van der Waals surface area contributed by atoms with Crippen molar-refractivity contribution in [3.05, 3.63) is 42.5 Å². The Bertz CT molecular complexity index is 816. The molecule has 0 aromatic heterocycles. The minimum atomic E-state index is -0.685. The number of nitrogens with zero attached hydrogens (tertiary/aromatic N) is 3. The molecule has 0 amide bonds. The van der Waals surface area contributed by atoms with Crippen molar-refractivity contribution in [2.24, 2.45) is 21.5 Å². The molecule has 3 rings (SSSR count). The zero-order valence-electron chi connectivity index (χ0n) is 14.5. The number of hydrogen-bond acceptors (Lipinski definition) is 7. The molecule has 0 unspecified atom stereocenters. The van der Waals surface area contributed by atoms with E-state index in [1.807, 2.05) is 38.1 Å². The number of rotatable bonds is 6. The van der Waals surface area contributed by atoms with E-state index in [0.717, 1.165) is 11.1 Å². The second kappa shape index (κ2) is 6.98. The molecule has 2 aromatic rings. The Balaban J connectivity index is 1.48. The first-order chi connectivity index (χ1) is 12.0. The summed E-state index contributed by atoms with van der Waals surface area (Å²) in [5.74, 6) is 1.20. The maximum atomic E-state index is 5.86. The topological polar surface area (TPSA) is 98.5 Å². The Kier molecular flexibility index (Phi) is 4.76. The fourth-order valence-electron chi connectivity index (χ4n) is 2.68. The molecule has 2 aromatic carbocycles. The number of fused-ring (bicyclic) bond motifs is 1. The SMILES string of the molecule is CC1(C)N=C(N)N=C(N)N1OCCCOc1ccc2ccccc2c1. The summed E-state index contributed by atoms with van der Waals surface area (Å²) in [6.07, 6.45) is 0.700. The van der Waals surface area contributed by atoms with E-state index in [2.05, 4.69) is 28.2 Å². The summed E-state index contributed by atoms with van der Waals surface area (Å²) < 4.78 is 5.79. The Morgan fingerprint density at radius 3 is 2.56 bits per heavy atom. The fourth-order valence-corrected chi connectivity index (χ4v) is 2.68. The van der Waals surface area contributed by atoms with Gasteiger partial charge in [-0.1, -0.05) is 30.3 Å². The lowest BCUT2D eigenvalue weighted by Crippen LogP contribution is -2.53. The van der Waals surface area contributed by atoms with E-state index in [0.29, 0.717) is 19.6 Å². The van der Waals surface area contributed by atoms with Crippen molar-refractivity contribution >= 4 is 22.7 Å². The van der Waals surface area contributed by atoms with Gasteiger partial charge < -0.3 is 16.2 Å². The van der Waals surface area contributed by atoms with Crippen LogP contribution in [-0.4, -0.2) is 35.9 Å². The molecular weight excluding hydrogens is 318 g/mol. The van der Waals surface area contributed by atoms with Crippen LogP contribution >= 0.6 is 0 Å². The predicted octanol–water partition coefficient (Wildman–Crippen LogP) is 2.22. The van der Waals surface area contributed by atoms with Gasteiger partial charge in [0.05, 0.1) is 13.2 Å². The van der Waals surface area contributed by atoms with Gasteiger partial charge in [0.25, 0.3) is 0 Å². The normalized spacial score (nSPS) is 16.5. The first-order valence-electron chi connectivity index (χ1n) is 8.20. The van der Waals surface area contributed by atoms with Gasteiger partial charge in [0, 0.05) is 6.42 Å². The molecule has 0 saturated heterocycles. The second-order valence-electron chi connectivity index (χ2n) is 6.27. The molecule has 1 aliphatic rings. The molecule has 7 heteroatoms. The standard InChI is InChI=1S/C18H23N5O2/c1-18(2)22-16(19)21-17(20)23(18)25-11-5-10-24-15-9-8-13-6-3-4-7-14(13)12-15/h3-4,6-9,12H,5,10-11H2,1-2H3,(H4,19,20,21,22). The van der Waals surface area contributed by atoms with Gasteiger partial charge in [-0.15, -0.1) is 0 Å². The summed E-state index contributed by atoms with van der Waals surface area (Å²) in [6.45, 7) is 4.68. The van der Waals surface area contributed by atoms with E-state index in [4.69, 9.17) is 21.0 Å². The lowest BCUT2D eigenvalue weighted by Gasteiger charge is -2.36. The largest absolute Gasteiger partial charge is 0.493 e. The Morgan fingerprint density at radius 2 is 1.80 bits per heavy atom. The smallest absolute Gasteiger partial charge is 0.226 e. The third-order valence-corrected chi connectivity index (χ3v) is 3.82. The molecule has 0 radical (unpaired) electrons. The minimum absolute atomic E-state index is 0.155. The molecule has 1 aliphatic heterocycles. The number of ether oxygens (including phenoxy) is 1. The van der Waals surface area contributed by atoms with E-state index >= 15 is 0 Å². The third kappa shape index (κ3) is 4.00. The highest BCUT2D eigenvalue weighted by Gasteiger charge is 2.32. The molecule has 25 heavy (non-hydrogen) atoms. The van der Waals surface area contributed by atoms with Gasteiger partial charge in [-0.25, -0.2) is 4.99 Å². The molecule has 0 saturated carbocycles. The van der Waals surface area contributed by atoms with Gasteiger partial charge >= 0.3 is 0 Å². The molecule has 0 fully saturated rings. The van der Waals surface area contributed by atoms with E-state index in [9.17, 15) is 0 Å². The Morgan fingerprint density at radius 1 is 1.04 bits per heavy atom. The van der Waals surface area contributed by atoms with E-state index < -0.39 is 5.66 Å². The highest BCUT2D eigenvalue weighted by molar-refractivity contribution is 5.95. The van der Waals surface area contributed by atoms with Crippen molar-refractivity contribution in [2.75, 3.05) is 13.2 Å². The highest BCUT2D eigenvalue weighted by Crippen LogP contribution is 2.21. The van der Waals surface area contributed by atoms with Crippen LogP contribution in [0.25, 0.3) is 10.8 Å². The summed E-state index contributed by atoms with van der Waals surface area (Å²) in [4.78, 5) is 13.8. The maximum Gasteiger partial charge on any atom is 0.226 e. The summed E-state index contributed by atoms with van der Waals surface area (Å²) in [5, 5.41) is 3.82. The molecule has 4 N–H and O–H groups in total. The van der Waals surface area contributed by atoms with E-state index in [1.54, 1.807) is 0 Å². The van der Waals surface area contributed by atoms with Crippen LogP contribution in [0.5, 0.6) is 5.75 Å². The van der Waals surface area contributed by atoms with Crippen LogP contribution in [0.15, 0.2) is 52.4 Å². The number of nitrogens with two attached hydrogens (primary N) is 2. The van der Waals surface area contributed by atoms with Crippen LogP contribution in [0, 0.1) is 0 Å². The Labute approximate surface area is 146 Å². The molecule has 0 aliphatic carbocycles. The van der Waals surface area contributed by atoms with Gasteiger partial charge in [0.1, 0.15) is 5.75 Å². The second-order valence-corrected chi connectivity index (χ2v) is 6.27. The number of aliphatic imine (C=N–C) groups is 2. The van der Waals surface area contributed by atoms with Gasteiger partial charge in [-0.3, -0.25) is 4.84 Å². The molecule has 0 spiro atoms. The summed E-state index contributed by atoms with van der Waals surface area (Å²) >= 11 is 0. The van der Waals surface area contributed by atoms with Gasteiger partial charge in [-0.05, 0) is 36.8 Å². The Hall–Kier alpha value is -2.80. The molecule has 7 nitrogen and oxygen atoms in total. The molecule has 0 atom stereocenters. The van der Waals surface area contributed by atoms with Crippen molar-refractivity contribution in [1.29, 1.82) is 0 Å². The highest BCUT2D eigenvalue weighted by atomic mass is 16.7. The van der Waals surface area contributed by atoms with Gasteiger partial charge in [0.2, 0.25) is 11.9 Å². The van der Waals surface area contributed by atoms with Crippen LogP contribution in [-0.2, 0) is 4.84 Å². The van der Waals surface area contributed by atoms with Crippen LogP contribution < -0.4 is 16.2 Å². The molecule has 0 bridgehead atoms. The van der Waals surface area contributed by atoms with Crippen LogP contribution in [0.4, 0.5) is 0 Å². The van der Waals surface area contributed by atoms with Crippen molar-refractivity contribution in [3.8, 4) is 5.75 Å².